The number of aliphatic hydroxyl groups is 1. The summed E-state index contributed by atoms with van der Waals surface area (Å²) in [7, 11) is -3.37. The van der Waals surface area contributed by atoms with Crippen LogP contribution in [0.4, 0.5) is 0 Å². The van der Waals surface area contributed by atoms with E-state index in [-0.39, 0.29) is 6.61 Å². The number of thiophene rings is 1. The van der Waals surface area contributed by atoms with Crippen molar-refractivity contribution < 1.29 is 13.5 Å². The Morgan fingerprint density at radius 2 is 2.11 bits per heavy atom. The summed E-state index contributed by atoms with van der Waals surface area (Å²) >= 11 is 3.13. The number of aliphatic hydroxyl groups excluding tert-OH is 1. The fourth-order valence-electron chi connectivity index (χ4n) is 1.47. The summed E-state index contributed by atoms with van der Waals surface area (Å²) in [5, 5.41) is 8.61. The number of rotatable bonds is 8. The van der Waals surface area contributed by atoms with Crippen LogP contribution in [0.25, 0.3) is 0 Å². The summed E-state index contributed by atoms with van der Waals surface area (Å²) in [6, 6.07) is 1.71. The molecule has 0 saturated heterocycles. The Labute approximate surface area is 117 Å². The number of aryl methyl sites for hydroxylation is 2. The van der Waals surface area contributed by atoms with Gasteiger partial charge in [-0.25, -0.2) is 13.1 Å². The fraction of sp³-hybridized carbons (Fsp3) is 0.636. The van der Waals surface area contributed by atoms with Crippen LogP contribution in [0, 0.1) is 13.8 Å². The predicted molar refractivity (Wildman–Crippen MR) is 78.0 cm³/mol. The molecule has 0 unspecified atom stereocenters. The van der Waals surface area contributed by atoms with Gasteiger partial charge in [0.1, 0.15) is 0 Å². The Bertz CT molecular complexity index is 468. The summed E-state index contributed by atoms with van der Waals surface area (Å²) in [6.45, 7) is 4.34. The van der Waals surface area contributed by atoms with Gasteiger partial charge < -0.3 is 5.11 Å². The van der Waals surface area contributed by atoms with Gasteiger partial charge in [0.2, 0.25) is 10.0 Å². The van der Waals surface area contributed by atoms with E-state index in [0.29, 0.717) is 11.4 Å². The minimum absolute atomic E-state index is 0.187. The minimum atomic E-state index is -3.37. The number of hydrogen-bond donors (Lipinski definition) is 2. The van der Waals surface area contributed by atoms with Gasteiger partial charge in [-0.1, -0.05) is 0 Å². The molecular formula is C11H19NO3S3. The fourth-order valence-corrected chi connectivity index (χ4v) is 4.97. The minimum Gasteiger partial charge on any atom is -0.396 e. The normalized spacial score (nSPS) is 11.9. The van der Waals surface area contributed by atoms with Crippen molar-refractivity contribution >= 4 is 33.1 Å². The lowest BCUT2D eigenvalue weighted by molar-refractivity contribution is 0.296. The van der Waals surface area contributed by atoms with Crippen LogP contribution in [0.5, 0.6) is 0 Å². The molecule has 0 atom stereocenters. The highest BCUT2D eigenvalue weighted by molar-refractivity contribution is 7.99. The third-order valence-corrected chi connectivity index (χ3v) is 6.02. The molecule has 2 N–H and O–H groups in total. The van der Waals surface area contributed by atoms with E-state index in [2.05, 4.69) is 4.72 Å². The molecule has 0 saturated carbocycles. The lowest BCUT2D eigenvalue weighted by atomic mass is 10.4. The predicted octanol–water partition coefficient (Wildman–Crippen LogP) is 1.76. The summed E-state index contributed by atoms with van der Waals surface area (Å²) in [4.78, 5) is 2.23. The van der Waals surface area contributed by atoms with E-state index in [1.807, 2.05) is 13.8 Å². The van der Waals surface area contributed by atoms with Crippen molar-refractivity contribution in [3.8, 4) is 0 Å². The highest BCUT2D eigenvalue weighted by atomic mass is 32.2. The molecular weight excluding hydrogens is 290 g/mol. The molecule has 104 valence electrons. The number of thioether (sulfide) groups is 1. The largest absolute Gasteiger partial charge is 0.396 e. The SMILES string of the molecule is Cc1cc(S(=O)(=O)NCCSCCCO)c(C)s1. The van der Waals surface area contributed by atoms with Crippen LogP contribution < -0.4 is 4.72 Å². The molecule has 0 aliphatic rings. The zero-order valence-electron chi connectivity index (χ0n) is 10.6. The molecule has 0 spiro atoms. The summed E-state index contributed by atoms with van der Waals surface area (Å²) < 4.78 is 26.6. The van der Waals surface area contributed by atoms with Crippen LogP contribution in [0.15, 0.2) is 11.0 Å². The first kappa shape index (κ1) is 16.0. The van der Waals surface area contributed by atoms with Gasteiger partial charge >= 0.3 is 0 Å². The van der Waals surface area contributed by atoms with Gasteiger partial charge in [-0.3, -0.25) is 0 Å². The summed E-state index contributed by atoms with van der Waals surface area (Å²) in [6.07, 6.45) is 0.750. The molecule has 0 aliphatic carbocycles. The van der Waals surface area contributed by atoms with E-state index in [0.717, 1.165) is 27.7 Å². The maximum Gasteiger partial charge on any atom is 0.241 e. The van der Waals surface area contributed by atoms with Crippen LogP contribution in [0.2, 0.25) is 0 Å². The van der Waals surface area contributed by atoms with Crippen molar-refractivity contribution in [2.24, 2.45) is 0 Å². The Hall–Kier alpha value is -0.0800. The molecule has 0 bridgehead atoms. The van der Waals surface area contributed by atoms with Crippen LogP contribution in [-0.2, 0) is 10.0 Å². The zero-order valence-corrected chi connectivity index (χ0v) is 13.1. The van der Waals surface area contributed by atoms with E-state index < -0.39 is 10.0 Å². The zero-order chi connectivity index (χ0) is 13.6. The highest BCUT2D eigenvalue weighted by Crippen LogP contribution is 2.24. The van der Waals surface area contributed by atoms with Crippen LogP contribution >= 0.6 is 23.1 Å². The van der Waals surface area contributed by atoms with Crippen molar-refractivity contribution in [2.45, 2.75) is 25.2 Å². The molecule has 0 aliphatic heterocycles. The molecule has 4 nitrogen and oxygen atoms in total. The molecule has 1 rings (SSSR count). The first-order chi connectivity index (χ1) is 8.47. The maximum atomic E-state index is 12.0. The molecule has 7 heteroatoms. The number of sulfonamides is 1. The van der Waals surface area contributed by atoms with E-state index in [9.17, 15) is 8.42 Å². The van der Waals surface area contributed by atoms with Crippen molar-refractivity contribution in [3.63, 3.8) is 0 Å². The Balaban J connectivity index is 2.43. The Morgan fingerprint density at radius 1 is 1.39 bits per heavy atom. The lowest BCUT2D eigenvalue weighted by Crippen LogP contribution is -2.26. The van der Waals surface area contributed by atoms with Crippen molar-refractivity contribution in [2.75, 3.05) is 24.7 Å². The van der Waals surface area contributed by atoms with Gasteiger partial charge in [-0.2, -0.15) is 11.8 Å². The van der Waals surface area contributed by atoms with Crippen LogP contribution in [0.1, 0.15) is 16.2 Å². The molecule has 0 aromatic carbocycles. The molecule has 1 heterocycles. The lowest BCUT2D eigenvalue weighted by Gasteiger charge is -2.05. The molecule has 0 amide bonds. The van der Waals surface area contributed by atoms with Crippen LogP contribution in [-0.4, -0.2) is 38.2 Å². The van der Waals surface area contributed by atoms with Gasteiger partial charge in [-0.15, -0.1) is 11.3 Å². The maximum absolute atomic E-state index is 12.0. The smallest absolute Gasteiger partial charge is 0.241 e. The molecule has 0 radical (unpaired) electrons. The Morgan fingerprint density at radius 3 is 2.67 bits per heavy atom. The summed E-state index contributed by atoms with van der Waals surface area (Å²) in [5.74, 6) is 1.58. The second kappa shape index (κ2) is 7.49. The van der Waals surface area contributed by atoms with Crippen molar-refractivity contribution in [3.05, 3.63) is 15.8 Å². The summed E-state index contributed by atoms with van der Waals surface area (Å²) in [5.41, 5.74) is 0. The van der Waals surface area contributed by atoms with Gasteiger partial charge in [0, 0.05) is 28.7 Å². The third kappa shape index (κ3) is 4.89. The number of nitrogens with one attached hydrogen (secondary N) is 1. The van der Waals surface area contributed by atoms with Gasteiger partial charge in [0.25, 0.3) is 0 Å². The average Bonchev–Trinajstić information content (AvgIpc) is 2.63. The molecule has 0 fully saturated rings. The van der Waals surface area contributed by atoms with E-state index in [1.165, 1.54) is 11.3 Å². The van der Waals surface area contributed by atoms with Gasteiger partial charge in [-0.05, 0) is 32.1 Å². The molecule has 1 aromatic heterocycles. The third-order valence-electron chi connectivity index (χ3n) is 2.27. The Kier molecular flexibility index (Phi) is 6.65. The number of hydrogen-bond acceptors (Lipinski definition) is 5. The highest BCUT2D eigenvalue weighted by Gasteiger charge is 2.18. The second-order valence-electron chi connectivity index (χ2n) is 3.86. The monoisotopic (exact) mass is 309 g/mol. The van der Waals surface area contributed by atoms with Crippen molar-refractivity contribution in [1.82, 2.24) is 4.72 Å². The second-order valence-corrected chi connectivity index (χ2v) is 8.29. The van der Waals surface area contributed by atoms with E-state index >= 15 is 0 Å². The van der Waals surface area contributed by atoms with Gasteiger partial charge in [0.15, 0.2) is 0 Å². The first-order valence-electron chi connectivity index (χ1n) is 5.72. The average molecular weight is 309 g/mol. The molecule has 18 heavy (non-hydrogen) atoms. The van der Waals surface area contributed by atoms with Crippen LogP contribution in [0.3, 0.4) is 0 Å². The van der Waals surface area contributed by atoms with E-state index in [4.69, 9.17) is 5.11 Å². The molecule has 1 aromatic rings. The topological polar surface area (TPSA) is 66.4 Å². The van der Waals surface area contributed by atoms with Gasteiger partial charge in [0.05, 0.1) is 4.90 Å². The van der Waals surface area contributed by atoms with E-state index in [1.54, 1.807) is 17.8 Å². The first-order valence-corrected chi connectivity index (χ1v) is 9.18. The standard InChI is InChI=1S/C11H19NO3S3/c1-9-8-11(10(2)17-9)18(14,15)12-4-7-16-6-3-5-13/h8,12-13H,3-7H2,1-2H3. The quantitative estimate of drug-likeness (QED) is 0.718. The van der Waals surface area contributed by atoms with Crippen molar-refractivity contribution in [1.29, 1.82) is 0 Å².